The van der Waals surface area contributed by atoms with Crippen molar-refractivity contribution in [3.05, 3.63) is 209 Å². The van der Waals surface area contributed by atoms with Crippen LogP contribution >= 0.6 is 7.14 Å². The van der Waals surface area contributed by atoms with E-state index in [0.29, 0.717) is 95.4 Å². The molecule has 142 heavy (non-hydrogen) atoms. The van der Waals surface area contributed by atoms with Crippen molar-refractivity contribution < 1.29 is 57.5 Å². The lowest BCUT2D eigenvalue weighted by Crippen LogP contribution is -2.52. The van der Waals surface area contributed by atoms with Crippen LogP contribution in [-0.2, 0) is 50.9 Å². The van der Waals surface area contributed by atoms with Gasteiger partial charge in [0.1, 0.15) is 76.7 Å². The topological polar surface area (TPSA) is 432 Å². The number of carboxylic acids is 1. The number of nitrogens with zero attached hydrogens (tertiary/aromatic N) is 13. The van der Waals surface area contributed by atoms with Crippen LogP contribution in [0.1, 0.15) is 61.4 Å². The van der Waals surface area contributed by atoms with Crippen molar-refractivity contribution in [1.82, 2.24) is 50.1 Å². The Morgan fingerprint density at radius 2 is 0.739 bits per heavy atom. The second-order valence-electron chi connectivity index (χ2n) is 35.5. The van der Waals surface area contributed by atoms with Crippen LogP contribution in [0.25, 0.3) is 0 Å². The van der Waals surface area contributed by atoms with Crippen LogP contribution in [0.2, 0.25) is 0 Å². The highest BCUT2D eigenvalue weighted by Gasteiger charge is 2.32. The maximum Gasteiger partial charge on any atom is 0.337 e. The van der Waals surface area contributed by atoms with Crippen LogP contribution < -0.4 is 113 Å². The Labute approximate surface area is 825 Å². The van der Waals surface area contributed by atoms with Crippen LogP contribution in [0.5, 0.6) is 23.0 Å². The van der Waals surface area contributed by atoms with E-state index in [0.717, 1.165) is 288 Å². The predicted molar refractivity (Wildman–Crippen MR) is 562 cm³/mol. The summed E-state index contributed by atoms with van der Waals surface area (Å²) >= 11 is 0. The molecule has 0 saturated carbocycles. The van der Waals surface area contributed by atoms with E-state index in [1.54, 1.807) is 72.1 Å². The number of piperazine rings is 1. The standard InChI is InChI=1S/C30H41N8O2P.C25H30N6O3.C24H26N6O4.C24H26N6O3/c1-40-26-20-22(37-16-11-21(12-17-37)38-18-14-31-15-19-38)8-9-24(26)34-30-35-28-23(10-13-32-28)29(36-30)33-25-6-4-5-7-27(25)41(2,3)39;1-33-22-16-18(31-11-14-34-15-12-31)6-7-21(22)28-25-29-23-19(8-10-26-23)24(30-25)27-20-5-3-2-4-17(20)9-13-32;1-33-20-14-15(30-10-12-34-13-11-30)6-7-19(20)27-24-28-21-17(8-9-25-21)22(29-24)26-18-5-3-2-4-16(18)23(31)32;1-32-21-14-17(30-10-12-33-13-11-30)6-7-20(21)27-24-28-22-18(8-9-25-22)23(29-24)26-19-5-3-2-4-16(19)15-31/h4-9,20-21,31H,10-19H2,1-3H3,(H3,32,33,34,35,36);2-7,16,32H,8-15H2,1H3,(H3,26,27,28,29,30);2-7,14H,8-13H2,1H3,(H,31,32)(H3,25,26,27,28,29);2-7,14-15H,8-13H2,1H3,(H3,25,26,27,28,29). The number of aldehydes is 1. The van der Waals surface area contributed by atoms with Crippen LogP contribution in [0, 0.1) is 0 Å². The molecule has 0 bridgehead atoms. The van der Waals surface area contributed by atoms with Crippen molar-refractivity contribution in [3.63, 3.8) is 0 Å². The number of fused-ring (bicyclic) bond motifs is 4. The first kappa shape index (κ1) is 97.4. The van der Waals surface area contributed by atoms with Gasteiger partial charge in [-0.15, -0.1) is 0 Å². The Bertz CT molecular complexity index is 6490. The monoisotopic (exact) mass is 1950 g/mol. The summed E-state index contributed by atoms with van der Waals surface area (Å²) in [5, 5.41) is 63.3. The highest BCUT2D eigenvalue weighted by atomic mass is 31.2. The number of aliphatic hydroxyl groups is 1. The maximum absolute atomic E-state index is 13.0. The van der Waals surface area contributed by atoms with Gasteiger partial charge in [0, 0.05) is 203 Å². The number of anilines is 24. The fraction of sp³-hybridized carbons (Fsp3) is 0.359. The fourth-order valence-electron chi connectivity index (χ4n) is 18.8. The zero-order valence-corrected chi connectivity index (χ0v) is 81.7. The molecule has 9 aliphatic rings. The summed E-state index contributed by atoms with van der Waals surface area (Å²) in [5.41, 5.74) is 16.2. The number of carboxylic acid groups (broad SMARTS) is 1. The number of morpholine rings is 3. The number of para-hydroxylation sites is 4. The molecule has 15 N–H and O–H groups in total. The van der Waals surface area contributed by atoms with Gasteiger partial charge in [-0.1, -0.05) is 54.6 Å². The third kappa shape index (κ3) is 23.6. The molecule has 13 heterocycles. The highest BCUT2D eigenvalue weighted by molar-refractivity contribution is 7.70. The zero-order chi connectivity index (χ0) is 97.8. The normalized spacial score (nSPS) is 15.8. The summed E-state index contributed by atoms with van der Waals surface area (Å²) in [4.78, 5) is 72.8. The van der Waals surface area contributed by atoms with Gasteiger partial charge in [-0.25, -0.2) is 4.79 Å². The van der Waals surface area contributed by atoms with Crippen LogP contribution in [0.15, 0.2) is 170 Å². The summed E-state index contributed by atoms with van der Waals surface area (Å²) in [6.45, 7) is 22.8. The lowest BCUT2D eigenvalue weighted by molar-refractivity contribution is 0.0697. The van der Waals surface area contributed by atoms with E-state index < -0.39 is 13.1 Å². The van der Waals surface area contributed by atoms with Gasteiger partial charge in [0.15, 0.2) is 6.29 Å². The molecular formula is C103H123N26O12P. The molecule has 0 radical (unpaired) electrons. The molecule has 0 atom stereocenters. The Morgan fingerprint density at radius 3 is 1.12 bits per heavy atom. The average Bonchev–Trinajstić information content (AvgIpc) is 1.59. The Balaban J connectivity index is 0.000000125. The van der Waals surface area contributed by atoms with Crippen molar-refractivity contribution in [3.8, 4) is 23.0 Å². The lowest BCUT2D eigenvalue weighted by Gasteiger charge is -2.41. The molecule has 0 unspecified atom stereocenters. The van der Waals surface area contributed by atoms with Crippen LogP contribution in [0.3, 0.4) is 0 Å². The first-order chi connectivity index (χ1) is 69.5. The number of aromatic nitrogens is 8. The number of aliphatic hydroxyl groups excluding tert-OH is 1. The van der Waals surface area contributed by atoms with Crippen molar-refractivity contribution in [2.45, 2.75) is 51.0 Å². The van der Waals surface area contributed by atoms with Crippen molar-refractivity contribution in [2.75, 3.05) is 276 Å². The fourth-order valence-corrected chi connectivity index (χ4v) is 19.9. The van der Waals surface area contributed by atoms with E-state index in [1.807, 2.05) is 115 Å². The van der Waals surface area contributed by atoms with Gasteiger partial charge in [0.05, 0.1) is 113 Å². The number of rotatable bonds is 30. The largest absolute Gasteiger partial charge is 0.494 e. The van der Waals surface area contributed by atoms with E-state index in [4.69, 9.17) is 58.1 Å². The van der Waals surface area contributed by atoms with E-state index in [2.05, 4.69) is 133 Å². The molecule has 742 valence electrons. The average molecular weight is 1950 g/mol. The van der Waals surface area contributed by atoms with Gasteiger partial charge < -0.3 is 137 Å². The first-order valence-corrected chi connectivity index (χ1v) is 51.0. The maximum atomic E-state index is 13.0. The number of carbonyl (C=O) groups is 2. The Kier molecular flexibility index (Phi) is 31.6. The van der Waals surface area contributed by atoms with Gasteiger partial charge in [0.25, 0.3) is 0 Å². The van der Waals surface area contributed by atoms with Crippen LogP contribution in [0.4, 0.5) is 139 Å². The molecule has 21 rings (SSSR count). The number of nitrogens with one attached hydrogen (secondary N) is 13. The zero-order valence-electron chi connectivity index (χ0n) is 80.8. The second kappa shape index (κ2) is 46.1. The number of hydrogen-bond acceptors (Lipinski definition) is 37. The van der Waals surface area contributed by atoms with Gasteiger partial charge in [-0.2, -0.15) is 39.9 Å². The van der Waals surface area contributed by atoms with Gasteiger partial charge in [0.2, 0.25) is 23.8 Å². The van der Waals surface area contributed by atoms with Crippen LogP contribution in [-0.4, -0.2) is 266 Å². The smallest absolute Gasteiger partial charge is 0.337 e. The van der Waals surface area contributed by atoms with E-state index in [9.17, 15) is 24.4 Å². The Hall–Kier alpha value is -14.8. The van der Waals surface area contributed by atoms with Gasteiger partial charge in [-0.05, 0) is 155 Å². The number of benzene rings is 8. The summed E-state index contributed by atoms with van der Waals surface area (Å²) in [5.74, 6) is 9.45. The molecule has 5 saturated heterocycles. The number of carbonyl (C=O) groups excluding carboxylic acids is 1. The number of aromatic carboxylic acids is 1. The van der Waals surface area contributed by atoms with Crippen molar-refractivity contribution in [1.29, 1.82) is 0 Å². The summed E-state index contributed by atoms with van der Waals surface area (Å²) in [6, 6.07) is 54.9. The minimum absolute atomic E-state index is 0.0924. The number of hydrogen-bond donors (Lipinski definition) is 15. The molecule has 5 fully saturated rings. The molecule has 4 aromatic heterocycles. The molecule has 9 aliphatic heterocycles. The molecule has 0 amide bonds. The minimum Gasteiger partial charge on any atom is -0.494 e. The third-order valence-electron chi connectivity index (χ3n) is 26.2. The minimum atomic E-state index is -2.48. The third-order valence-corrected chi connectivity index (χ3v) is 27.7. The predicted octanol–water partition coefficient (Wildman–Crippen LogP) is 14.4. The van der Waals surface area contributed by atoms with E-state index in [-0.39, 0.29) is 12.2 Å². The quantitative estimate of drug-likeness (QED) is 0.0147. The van der Waals surface area contributed by atoms with Gasteiger partial charge >= 0.3 is 5.97 Å². The molecule has 12 aromatic rings. The Morgan fingerprint density at radius 1 is 0.401 bits per heavy atom. The lowest BCUT2D eigenvalue weighted by atomic mass is 10.0. The summed E-state index contributed by atoms with van der Waals surface area (Å²) < 4.78 is 52.1. The SMILES string of the molecule is COc1cc(N2CCC(N3CCNCC3)CC2)ccc1Nc1nc2c(c(Nc3ccccc3P(C)(C)=O)n1)CCN2.COc1cc(N2CCOCC2)ccc1Nc1nc2c(c(Nc3ccccc3C(=O)O)n1)CCN2.COc1cc(N2CCOCC2)ccc1Nc1nc2c(c(Nc3ccccc3C=O)n1)CCN2.COc1cc(N2CCOCC2)ccc1Nc1nc2c(c(Nc3ccccc3CCO)n1)CCN2. The van der Waals surface area contributed by atoms with Crippen molar-refractivity contribution in [2.24, 2.45) is 0 Å². The number of piperidine rings is 1. The van der Waals surface area contributed by atoms with E-state index in [1.165, 1.54) is 18.5 Å². The van der Waals surface area contributed by atoms with Gasteiger partial charge in [-0.3, -0.25) is 9.69 Å². The summed E-state index contributed by atoms with van der Waals surface area (Å²) in [7, 11) is 4.16. The molecule has 8 aromatic carbocycles. The number of methoxy groups -OCH3 is 4. The number of ether oxygens (including phenoxy) is 7. The van der Waals surface area contributed by atoms with Crippen molar-refractivity contribution >= 4 is 163 Å². The molecule has 38 nitrogen and oxygen atoms in total. The molecule has 0 spiro atoms. The molecule has 0 aliphatic carbocycles. The molecular weight excluding hydrogens is 1820 g/mol. The molecule has 39 heteroatoms. The summed E-state index contributed by atoms with van der Waals surface area (Å²) in [6.07, 6.45) is 6.99. The van der Waals surface area contributed by atoms with E-state index >= 15 is 0 Å². The highest BCUT2D eigenvalue weighted by Crippen LogP contribution is 2.44. The second-order valence-corrected chi connectivity index (χ2v) is 38.7. The first-order valence-electron chi connectivity index (χ1n) is 48.4.